The van der Waals surface area contributed by atoms with Gasteiger partial charge in [0.1, 0.15) is 0 Å². The molecule has 0 heterocycles. The van der Waals surface area contributed by atoms with E-state index in [-0.39, 0.29) is 0 Å². The van der Waals surface area contributed by atoms with Gasteiger partial charge in [-0.05, 0) is 30.5 Å². The molecule has 0 aliphatic heterocycles. The van der Waals surface area contributed by atoms with Crippen molar-refractivity contribution in [3.8, 4) is 0 Å². The summed E-state index contributed by atoms with van der Waals surface area (Å²) in [5, 5.41) is 3.31. The first kappa shape index (κ1) is 13.1. The fourth-order valence-corrected chi connectivity index (χ4v) is 1.48. The molecule has 1 nitrogen and oxygen atoms in total. The Morgan fingerprint density at radius 2 is 1.88 bits per heavy atom. The Morgan fingerprint density at radius 3 is 2.44 bits per heavy atom. The van der Waals surface area contributed by atoms with Crippen LogP contribution in [0.25, 0.3) is 0 Å². The number of halogens is 2. The summed E-state index contributed by atoms with van der Waals surface area (Å²) in [7, 11) is 0. The van der Waals surface area contributed by atoms with E-state index in [9.17, 15) is 8.78 Å². The second-order valence-electron chi connectivity index (χ2n) is 4.30. The van der Waals surface area contributed by atoms with Crippen LogP contribution in [0.1, 0.15) is 32.8 Å². The third-order valence-corrected chi connectivity index (χ3v) is 3.11. The lowest BCUT2D eigenvalue weighted by molar-refractivity contribution is 0.389. The smallest absolute Gasteiger partial charge is 0.159 e. The van der Waals surface area contributed by atoms with Crippen LogP contribution in [0.3, 0.4) is 0 Å². The van der Waals surface area contributed by atoms with E-state index in [1.165, 1.54) is 12.1 Å². The average Bonchev–Trinajstić information content (AvgIpc) is 2.29. The molecule has 1 rings (SSSR count). The molecular weight excluding hydrogens is 208 g/mol. The van der Waals surface area contributed by atoms with Crippen molar-refractivity contribution in [1.29, 1.82) is 0 Å². The quantitative estimate of drug-likeness (QED) is 0.812. The van der Waals surface area contributed by atoms with Gasteiger partial charge in [0.2, 0.25) is 0 Å². The van der Waals surface area contributed by atoms with Gasteiger partial charge in [-0.15, -0.1) is 0 Å². The van der Waals surface area contributed by atoms with Crippen LogP contribution in [0.5, 0.6) is 0 Å². The minimum Gasteiger partial charge on any atom is -0.310 e. The van der Waals surface area contributed by atoms with Gasteiger partial charge in [-0.2, -0.15) is 0 Å². The highest BCUT2D eigenvalue weighted by atomic mass is 19.2. The highest BCUT2D eigenvalue weighted by Crippen LogP contribution is 2.11. The molecule has 0 saturated heterocycles. The molecule has 2 unspecified atom stereocenters. The Kier molecular flexibility index (Phi) is 4.87. The Balaban J connectivity index is 2.51. The standard InChI is InChI=1S/C13H19F2N/c1-4-9(2)10(3)16-8-11-5-6-12(14)13(15)7-11/h5-7,9-10,16H,4,8H2,1-3H3. The van der Waals surface area contributed by atoms with Crippen LogP contribution >= 0.6 is 0 Å². The Hall–Kier alpha value is -0.960. The summed E-state index contributed by atoms with van der Waals surface area (Å²) in [5.74, 6) is -1.00. The zero-order valence-electron chi connectivity index (χ0n) is 10.1. The van der Waals surface area contributed by atoms with E-state index in [0.717, 1.165) is 12.0 Å². The second-order valence-corrected chi connectivity index (χ2v) is 4.30. The lowest BCUT2D eigenvalue weighted by Gasteiger charge is -2.19. The molecule has 1 N–H and O–H groups in total. The summed E-state index contributed by atoms with van der Waals surface area (Å²) < 4.78 is 25.6. The van der Waals surface area contributed by atoms with Gasteiger partial charge in [-0.3, -0.25) is 0 Å². The summed E-state index contributed by atoms with van der Waals surface area (Å²) >= 11 is 0. The zero-order valence-corrected chi connectivity index (χ0v) is 10.1. The van der Waals surface area contributed by atoms with Crippen LogP contribution in [0.15, 0.2) is 18.2 Å². The van der Waals surface area contributed by atoms with Crippen LogP contribution in [0.2, 0.25) is 0 Å². The van der Waals surface area contributed by atoms with Crippen LogP contribution in [-0.4, -0.2) is 6.04 Å². The van der Waals surface area contributed by atoms with Gasteiger partial charge < -0.3 is 5.32 Å². The fourth-order valence-electron chi connectivity index (χ4n) is 1.48. The molecule has 1 aromatic carbocycles. The van der Waals surface area contributed by atoms with E-state index in [4.69, 9.17) is 0 Å². The van der Waals surface area contributed by atoms with Gasteiger partial charge >= 0.3 is 0 Å². The van der Waals surface area contributed by atoms with Crippen molar-refractivity contribution < 1.29 is 8.78 Å². The maximum Gasteiger partial charge on any atom is 0.159 e. The molecule has 0 aromatic heterocycles. The van der Waals surface area contributed by atoms with Gasteiger partial charge in [-0.25, -0.2) is 8.78 Å². The van der Waals surface area contributed by atoms with E-state index < -0.39 is 11.6 Å². The van der Waals surface area contributed by atoms with Crippen molar-refractivity contribution in [1.82, 2.24) is 5.32 Å². The number of benzene rings is 1. The molecule has 0 aliphatic rings. The van der Waals surface area contributed by atoms with E-state index in [1.807, 2.05) is 0 Å². The van der Waals surface area contributed by atoms with E-state index in [1.54, 1.807) is 6.07 Å². The van der Waals surface area contributed by atoms with Gasteiger partial charge in [0.25, 0.3) is 0 Å². The monoisotopic (exact) mass is 227 g/mol. The Bertz CT molecular complexity index is 339. The third-order valence-electron chi connectivity index (χ3n) is 3.11. The Labute approximate surface area is 95.9 Å². The SMILES string of the molecule is CCC(C)C(C)NCc1ccc(F)c(F)c1. The van der Waals surface area contributed by atoms with E-state index in [0.29, 0.717) is 18.5 Å². The van der Waals surface area contributed by atoms with Crippen molar-refractivity contribution in [2.75, 3.05) is 0 Å². The summed E-state index contributed by atoms with van der Waals surface area (Å²) in [4.78, 5) is 0. The van der Waals surface area contributed by atoms with Crippen molar-refractivity contribution in [3.63, 3.8) is 0 Å². The summed E-state index contributed by atoms with van der Waals surface area (Å²) in [6.07, 6.45) is 1.10. The van der Waals surface area contributed by atoms with Gasteiger partial charge in [0, 0.05) is 12.6 Å². The van der Waals surface area contributed by atoms with Gasteiger partial charge in [-0.1, -0.05) is 26.3 Å². The van der Waals surface area contributed by atoms with Gasteiger partial charge in [0.05, 0.1) is 0 Å². The predicted molar refractivity (Wildman–Crippen MR) is 62.1 cm³/mol. The maximum atomic E-state index is 12.9. The fraction of sp³-hybridized carbons (Fsp3) is 0.538. The van der Waals surface area contributed by atoms with Crippen LogP contribution in [0, 0.1) is 17.6 Å². The largest absolute Gasteiger partial charge is 0.310 e. The topological polar surface area (TPSA) is 12.0 Å². The molecule has 0 aliphatic carbocycles. The first-order valence-corrected chi connectivity index (χ1v) is 5.72. The normalized spacial score (nSPS) is 14.8. The molecular formula is C13H19F2N. The first-order chi connectivity index (χ1) is 7.54. The predicted octanol–water partition coefficient (Wildman–Crippen LogP) is 3.49. The number of hydrogen-bond acceptors (Lipinski definition) is 1. The van der Waals surface area contributed by atoms with Crippen molar-refractivity contribution in [2.45, 2.75) is 39.8 Å². The number of nitrogens with one attached hydrogen (secondary N) is 1. The lowest BCUT2D eigenvalue weighted by atomic mass is 10.0. The van der Waals surface area contributed by atoms with Crippen molar-refractivity contribution in [2.24, 2.45) is 5.92 Å². The molecule has 0 radical (unpaired) electrons. The zero-order chi connectivity index (χ0) is 12.1. The average molecular weight is 227 g/mol. The van der Waals surface area contributed by atoms with Crippen LogP contribution < -0.4 is 5.32 Å². The Morgan fingerprint density at radius 1 is 1.19 bits per heavy atom. The van der Waals surface area contributed by atoms with Crippen LogP contribution in [-0.2, 0) is 6.54 Å². The molecule has 0 amide bonds. The summed E-state index contributed by atoms with van der Waals surface area (Å²) in [5.41, 5.74) is 0.772. The molecule has 3 heteroatoms. The van der Waals surface area contributed by atoms with Crippen LogP contribution in [0.4, 0.5) is 8.78 Å². The second kappa shape index (κ2) is 5.94. The first-order valence-electron chi connectivity index (χ1n) is 5.72. The molecule has 0 fully saturated rings. The molecule has 1 aromatic rings. The number of rotatable bonds is 5. The highest BCUT2D eigenvalue weighted by Gasteiger charge is 2.09. The molecule has 90 valence electrons. The number of hydrogen-bond donors (Lipinski definition) is 1. The molecule has 2 atom stereocenters. The summed E-state index contributed by atoms with van der Waals surface area (Å²) in [6, 6.07) is 4.39. The minimum absolute atomic E-state index is 0.373. The minimum atomic E-state index is -0.793. The van der Waals surface area contributed by atoms with Gasteiger partial charge in [0.15, 0.2) is 11.6 Å². The lowest BCUT2D eigenvalue weighted by Crippen LogP contribution is -2.31. The highest BCUT2D eigenvalue weighted by molar-refractivity contribution is 5.17. The third kappa shape index (κ3) is 3.56. The molecule has 0 bridgehead atoms. The molecule has 16 heavy (non-hydrogen) atoms. The molecule has 0 spiro atoms. The molecule has 0 saturated carbocycles. The van der Waals surface area contributed by atoms with E-state index >= 15 is 0 Å². The summed E-state index contributed by atoms with van der Waals surface area (Å²) in [6.45, 7) is 6.99. The van der Waals surface area contributed by atoms with Crippen molar-refractivity contribution >= 4 is 0 Å². The maximum absolute atomic E-state index is 12.9. The van der Waals surface area contributed by atoms with Crippen molar-refractivity contribution in [3.05, 3.63) is 35.4 Å². The van der Waals surface area contributed by atoms with E-state index in [2.05, 4.69) is 26.1 Å².